The SMILES string of the molecule is CCc1ccc([C@H](C)NC(=O)CSc2ccc(Cl)cc2)cc1. The van der Waals surface area contributed by atoms with Gasteiger partial charge in [-0.3, -0.25) is 4.79 Å². The van der Waals surface area contributed by atoms with Crippen LogP contribution in [0.3, 0.4) is 0 Å². The van der Waals surface area contributed by atoms with Gasteiger partial charge in [-0.05, 0) is 48.7 Å². The lowest BCUT2D eigenvalue weighted by molar-refractivity contribution is -0.119. The van der Waals surface area contributed by atoms with E-state index in [4.69, 9.17) is 11.6 Å². The van der Waals surface area contributed by atoms with E-state index >= 15 is 0 Å². The van der Waals surface area contributed by atoms with Crippen LogP contribution in [0.4, 0.5) is 0 Å². The van der Waals surface area contributed by atoms with Crippen molar-refractivity contribution in [1.82, 2.24) is 5.32 Å². The summed E-state index contributed by atoms with van der Waals surface area (Å²) in [6.07, 6.45) is 1.03. The fraction of sp³-hybridized carbons (Fsp3) is 0.278. The normalized spacial score (nSPS) is 12.0. The van der Waals surface area contributed by atoms with Crippen LogP contribution in [0.15, 0.2) is 53.4 Å². The average Bonchev–Trinajstić information content (AvgIpc) is 2.54. The van der Waals surface area contributed by atoms with E-state index in [0.717, 1.165) is 16.9 Å². The quantitative estimate of drug-likeness (QED) is 0.764. The highest BCUT2D eigenvalue weighted by Crippen LogP contribution is 2.20. The Morgan fingerprint density at radius 1 is 1.14 bits per heavy atom. The Hall–Kier alpha value is -1.45. The molecule has 0 aliphatic rings. The number of aryl methyl sites for hydroxylation is 1. The van der Waals surface area contributed by atoms with Gasteiger partial charge in [0.25, 0.3) is 0 Å². The van der Waals surface area contributed by atoms with Crippen molar-refractivity contribution in [2.24, 2.45) is 0 Å². The Morgan fingerprint density at radius 3 is 2.36 bits per heavy atom. The van der Waals surface area contributed by atoms with Gasteiger partial charge in [0, 0.05) is 9.92 Å². The van der Waals surface area contributed by atoms with Crippen LogP contribution in [0.25, 0.3) is 0 Å². The Morgan fingerprint density at radius 2 is 1.77 bits per heavy atom. The highest BCUT2D eigenvalue weighted by atomic mass is 35.5. The van der Waals surface area contributed by atoms with Crippen molar-refractivity contribution in [2.45, 2.75) is 31.2 Å². The predicted octanol–water partition coefficient (Wildman–Crippen LogP) is 4.87. The molecule has 1 atom stereocenters. The lowest BCUT2D eigenvalue weighted by Crippen LogP contribution is -2.28. The van der Waals surface area contributed by atoms with Crippen molar-refractivity contribution < 1.29 is 4.79 Å². The second kappa shape index (κ2) is 8.25. The first-order valence-corrected chi connectivity index (χ1v) is 8.71. The molecule has 0 bridgehead atoms. The summed E-state index contributed by atoms with van der Waals surface area (Å²) in [6, 6.07) is 15.9. The Kier molecular flexibility index (Phi) is 6.34. The highest BCUT2D eigenvalue weighted by molar-refractivity contribution is 8.00. The zero-order valence-electron chi connectivity index (χ0n) is 12.8. The second-order valence-corrected chi connectivity index (χ2v) is 6.61. The number of amides is 1. The van der Waals surface area contributed by atoms with E-state index in [1.54, 1.807) is 0 Å². The molecule has 1 amide bonds. The third-order valence-corrected chi connectivity index (χ3v) is 4.71. The van der Waals surface area contributed by atoms with Crippen molar-refractivity contribution in [3.8, 4) is 0 Å². The van der Waals surface area contributed by atoms with Crippen molar-refractivity contribution in [3.05, 3.63) is 64.7 Å². The molecule has 0 spiro atoms. The number of carbonyl (C=O) groups excluding carboxylic acids is 1. The van der Waals surface area contributed by atoms with Crippen molar-refractivity contribution in [3.63, 3.8) is 0 Å². The summed E-state index contributed by atoms with van der Waals surface area (Å²) in [5.74, 6) is 0.436. The zero-order valence-corrected chi connectivity index (χ0v) is 14.4. The Balaban J connectivity index is 1.83. The maximum absolute atomic E-state index is 12.0. The molecule has 2 aromatic rings. The Bertz CT molecular complexity index is 610. The lowest BCUT2D eigenvalue weighted by Gasteiger charge is -2.14. The maximum atomic E-state index is 12.0. The zero-order chi connectivity index (χ0) is 15.9. The van der Waals surface area contributed by atoms with Crippen LogP contribution in [-0.2, 0) is 11.2 Å². The van der Waals surface area contributed by atoms with Gasteiger partial charge >= 0.3 is 0 Å². The molecule has 0 aliphatic heterocycles. The minimum absolute atomic E-state index is 0.0178. The number of hydrogen-bond donors (Lipinski definition) is 1. The molecule has 0 saturated heterocycles. The van der Waals surface area contributed by atoms with Crippen LogP contribution >= 0.6 is 23.4 Å². The molecule has 2 nitrogen and oxygen atoms in total. The largest absolute Gasteiger partial charge is 0.349 e. The minimum Gasteiger partial charge on any atom is -0.349 e. The minimum atomic E-state index is 0.0178. The summed E-state index contributed by atoms with van der Waals surface area (Å²) in [5, 5.41) is 3.74. The van der Waals surface area contributed by atoms with Crippen LogP contribution in [0.5, 0.6) is 0 Å². The summed E-state index contributed by atoms with van der Waals surface area (Å²) >= 11 is 7.35. The smallest absolute Gasteiger partial charge is 0.230 e. The highest BCUT2D eigenvalue weighted by Gasteiger charge is 2.10. The summed E-state index contributed by atoms with van der Waals surface area (Å²) in [4.78, 5) is 13.1. The second-order valence-electron chi connectivity index (χ2n) is 5.13. The van der Waals surface area contributed by atoms with Gasteiger partial charge in [0.15, 0.2) is 0 Å². The number of hydrogen-bond acceptors (Lipinski definition) is 2. The van der Waals surface area contributed by atoms with E-state index in [9.17, 15) is 4.79 Å². The summed E-state index contributed by atoms with van der Waals surface area (Å²) in [7, 11) is 0. The molecule has 0 aromatic heterocycles. The number of benzene rings is 2. The first-order valence-electron chi connectivity index (χ1n) is 7.35. The topological polar surface area (TPSA) is 29.1 Å². The lowest BCUT2D eigenvalue weighted by atomic mass is 10.1. The Labute approximate surface area is 141 Å². The van der Waals surface area contributed by atoms with E-state index in [2.05, 4.69) is 36.5 Å². The molecule has 1 N–H and O–H groups in total. The van der Waals surface area contributed by atoms with Crippen LogP contribution in [0.2, 0.25) is 5.02 Å². The number of rotatable bonds is 6. The molecule has 0 heterocycles. The molecule has 116 valence electrons. The van der Waals surface area contributed by atoms with Crippen LogP contribution < -0.4 is 5.32 Å². The van der Waals surface area contributed by atoms with Gasteiger partial charge in [-0.25, -0.2) is 0 Å². The van der Waals surface area contributed by atoms with E-state index in [0.29, 0.717) is 10.8 Å². The summed E-state index contributed by atoms with van der Waals surface area (Å²) < 4.78 is 0. The fourth-order valence-corrected chi connectivity index (χ4v) is 2.92. The van der Waals surface area contributed by atoms with Crippen molar-refractivity contribution in [1.29, 1.82) is 0 Å². The van der Waals surface area contributed by atoms with E-state index in [1.807, 2.05) is 31.2 Å². The van der Waals surface area contributed by atoms with Gasteiger partial charge in [-0.2, -0.15) is 0 Å². The molecule has 0 radical (unpaired) electrons. The molecule has 2 rings (SSSR count). The molecule has 0 fully saturated rings. The first-order chi connectivity index (χ1) is 10.6. The van der Waals surface area contributed by atoms with Gasteiger partial charge in [0.05, 0.1) is 11.8 Å². The molecule has 0 unspecified atom stereocenters. The molecular formula is C18H20ClNOS. The van der Waals surface area contributed by atoms with Crippen LogP contribution in [0.1, 0.15) is 31.0 Å². The predicted molar refractivity (Wildman–Crippen MR) is 94.6 cm³/mol. The van der Waals surface area contributed by atoms with Gasteiger partial charge in [0.2, 0.25) is 5.91 Å². The van der Waals surface area contributed by atoms with Crippen molar-refractivity contribution in [2.75, 3.05) is 5.75 Å². The molecule has 4 heteroatoms. The van der Waals surface area contributed by atoms with E-state index in [1.165, 1.54) is 17.3 Å². The van der Waals surface area contributed by atoms with Crippen LogP contribution in [-0.4, -0.2) is 11.7 Å². The molecule has 0 saturated carbocycles. The summed E-state index contributed by atoms with van der Waals surface area (Å²) in [6.45, 7) is 4.14. The van der Waals surface area contributed by atoms with Gasteiger partial charge in [0.1, 0.15) is 0 Å². The van der Waals surface area contributed by atoms with Gasteiger partial charge < -0.3 is 5.32 Å². The average molecular weight is 334 g/mol. The third kappa shape index (κ3) is 5.08. The van der Waals surface area contributed by atoms with Gasteiger partial charge in [-0.15, -0.1) is 11.8 Å². The van der Waals surface area contributed by atoms with Gasteiger partial charge in [-0.1, -0.05) is 42.8 Å². The first kappa shape index (κ1) is 16.9. The summed E-state index contributed by atoms with van der Waals surface area (Å²) in [5.41, 5.74) is 2.43. The van der Waals surface area contributed by atoms with Crippen molar-refractivity contribution >= 4 is 29.3 Å². The monoisotopic (exact) mass is 333 g/mol. The van der Waals surface area contributed by atoms with E-state index < -0.39 is 0 Å². The number of nitrogens with one attached hydrogen (secondary N) is 1. The molecule has 2 aromatic carbocycles. The standard InChI is InChI=1S/C18H20ClNOS/c1-3-14-4-6-15(7-5-14)13(2)20-18(21)12-22-17-10-8-16(19)9-11-17/h4-11,13H,3,12H2,1-2H3,(H,20,21)/t13-/m0/s1. The van der Waals surface area contributed by atoms with E-state index in [-0.39, 0.29) is 11.9 Å². The molecular weight excluding hydrogens is 314 g/mol. The number of thioether (sulfide) groups is 1. The molecule has 0 aliphatic carbocycles. The fourth-order valence-electron chi connectivity index (χ4n) is 2.09. The third-order valence-electron chi connectivity index (χ3n) is 3.45. The number of carbonyl (C=O) groups is 1. The number of halogens is 1. The van der Waals surface area contributed by atoms with Crippen LogP contribution in [0, 0.1) is 0 Å². The maximum Gasteiger partial charge on any atom is 0.230 e. The molecule has 22 heavy (non-hydrogen) atoms.